The van der Waals surface area contributed by atoms with Crippen molar-refractivity contribution in [3.05, 3.63) is 18.2 Å². The number of carbonyl (C=O) groups is 1. The van der Waals surface area contributed by atoms with Crippen molar-refractivity contribution in [2.24, 2.45) is 11.8 Å². The number of imidazole rings is 1. The van der Waals surface area contributed by atoms with E-state index in [4.69, 9.17) is 4.74 Å². The van der Waals surface area contributed by atoms with E-state index in [1.165, 1.54) is 12.8 Å². The van der Waals surface area contributed by atoms with E-state index in [0.717, 1.165) is 37.9 Å². The van der Waals surface area contributed by atoms with Crippen LogP contribution in [0.25, 0.3) is 0 Å². The van der Waals surface area contributed by atoms with Gasteiger partial charge in [0.25, 0.3) is 0 Å². The second-order valence-corrected chi connectivity index (χ2v) is 6.75. The van der Waals surface area contributed by atoms with Crippen LogP contribution in [0.5, 0.6) is 0 Å². The molecule has 0 aromatic carbocycles. The first-order valence-corrected chi connectivity index (χ1v) is 8.72. The summed E-state index contributed by atoms with van der Waals surface area (Å²) in [5, 5.41) is 3.23. The van der Waals surface area contributed by atoms with Crippen molar-refractivity contribution in [1.82, 2.24) is 19.8 Å². The van der Waals surface area contributed by atoms with E-state index in [1.807, 2.05) is 19.3 Å². The second kappa shape index (κ2) is 7.45. The quantitative estimate of drug-likeness (QED) is 0.783. The standard InChI is InChI=1S/C17H28N4O2/c1-3-17(22)19-15-11-20(10-14(15)13-4-5-13)12-16-18-6-7-21(16)8-9-23-2/h6-7,13-15H,3-5,8-12H2,1-2H3,(H,19,22)/t14-,15+/m0/s1. The third-order valence-electron chi connectivity index (χ3n) is 5.04. The van der Waals surface area contributed by atoms with E-state index in [2.05, 4.69) is 19.8 Å². The lowest BCUT2D eigenvalue weighted by Crippen LogP contribution is -2.40. The normalized spacial score (nSPS) is 25.0. The van der Waals surface area contributed by atoms with Gasteiger partial charge in [-0.15, -0.1) is 0 Å². The molecule has 1 saturated heterocycles. The lowest BCUT2D eigenvalue weighted by molar-refractivity contribution is -0.121. The SMILES string of the molecule is CCC(=O)N[C@@H]1CN(Cc2nccn2CCOC)C[C@H]1C1CC1. The molecule has 2 atom stereocenters. The number of hydrogen-bond acceptors (Lipinski definition) is 4. The molecule has 6 nitrogen and oxygen atoms in total. The molecule has 1 aromatic rings. The van der Waals surface area contributed by atoms with Gasteiger partial charge in [-0.2, -0.15) is 0 Å². The van der Waals surface area contributed by atoms with Crippen molar-refractivity contribution >= 4 is 5.91 Å². The molecule has 1 saturated carbocycles. The number of methoxy groups -OCH3 is 1. The van der Waals surface area contributed by atoms with Gasteiger partial charge in [-0.05, 0) is 24.7 Å². The van der Waals surface area contributed by atoms with Gasteiger partial charge in [0.2, 0.25) is 5.91 Å². The summed E-state index contributed by atoms with van der Waals surface area (Å²) in [6, 6.07) is 0.303. The number of aromatic nitrogens is 2. The Hall–Kier alpha value is -1.40. The molecule has 0 unspecified atom stereocenters. The number of likely N-dealkylation sites (tertiary alicyclic amines) is 1. The van der Waals surface area contributed by atoms with E-state index in [1.54, 1.807) is 7.11 Å². The summed E-state index contributed by atoms with van der Waals surface area (Å²) in [4.78, 5) is 18.7. The lowest BCUT2D eigenvalue weighted by Gasteiger charge is -2.19. The van der Waals surface area contributed by atoms with Crippen molar-refractivity contribution in [2.45, 2.75) is 45.3 Å². The van der Waals surface area contributed by atoms with Gasteiger partial charge < -0.3 is 14.6 Å². The van der Waals surface area contributed by atoms with Crippen LogP contribution in [-0.4, -0.2) is 53.2 Å². The van der Waals surface area contributed by atoms with Gasteiger partial charge in [0.1, 0.15) is 5.82 Å². The molecule has 1 aromatic heterocycles. The third kappa shape index (κ3) is 4.12. The number of nitrogens with zero attached hydrogens (tertiary/aromatic N) is 3. The van der Waals surface area contributed by atoms with Crippen LogP contribution in [0, 0.1) is 11.8 Å². The molecule has 128 valence electrons. The molecule has 1 N–H and O–H groups in total. The van der Waals surface area contributed by atoms with Gasteiger partial charge in [-0.25, -0.2) is 4.98 Å². The van der Waals surface area contributed by atoms with Crippen LogP contribution in [0.3, 0.4) is 0 Å². The smallest absolute Gasteiger partial charge is 0.219 e. The summed E-state index contributed by atoms with van der Waals surface area (Å²) >= 11 is 0. The van der Waals surface area contributed by atoms with Crippen LogP contribution in [0.2, 0.25) is 0 Å². The van der Waals surface area contributed by atoms with Gasteiger partial charge in [0.15, 0.2) is 0 Å². The molecule has 1 aliphatic heterocycles. The summed E-state index contributed by atoms with van der Waals surface area (Å²) in [5.74, 6) is 2.66. The summed E-state index contributed by atoms with van der Waals surface area (Å²) in [5.41, 5.74) is 0. The molecular weight excluding hydrogens is 292 g/mol. The minimum Gasteiger partial charge on any atom is -0.383 e. The number of ether oxygens (including phenoxy) is 1. The topological polar surface area (TPSA) is 59.4 Å². The lowest BCUT2D eigenvalue weighted by atomic mass is 9.98. The number of carbonyl (C=O) groups excluding carboxylic acids is 1. The second-order valence-electron chi connectivity index (χ2n) is 6.75. The first-order valence-electron chi connectivity index (χ1n) is 8.72. The summed E-state index contributed by atoms with van der Waals surface area (Å²) < 4.78 is 7.32. The zero-order chi connectivity index (χ0) is 16.2. The Morgan fingerprint density at radius 2 is 2.26 bits per heavy atom. The van der Waals surface area contributed by atoms with Crippen molar-refractivity contribution < 1.29 is 9.53 Å². The maximum atomic E-state index is 11.8. The zero-order valence-corrected chi connectivity index (χ0v) is 14.2. The molecule has 0 spiro atoms. The molecule has 1 amide bonds. The first-order chi connectivity index (χ1) is 11.2. The Kier molecular flexibility index (Phi) is 5.33. The Morgan fingerprint density at radius 1 is 1.43 bits per heavy atom. The average Bonchev–Trinajstić information content (AvgIpc) is 3.19. The van der Waals surface area contributed by atoms with E-state index < -0.39 is 0 Å². The van der Waals surface area contributed by atoms with Crippen molar-refractivity contribution in [3.8, 4) is 0 Å². The zero-order valence-electron chi connectivity index (χ0n) is 14.2. The minimum atomic E-state index is 0.170. The monoisotopic (exact) mass is 320 g/mol. The molecule has 0 bridgehead atoms. The fraction of sp³-hybridized carbons (Fsp3) is 0.765. The van der Waals surface area contributed by atoms with Gasteiger partial charge in [-0.1, -0.05) is 6.92 Å². The molecule has 2 aliphatic rings. The van der Waals surface area contributed by atoms with Gasteiger partial charge >= 0.3 is 0 Å². The third-order valence-corrected chi connectivity index (χ3v) is 5.04. The molecule has 6 heteroatoms. The Bertz CT molecular complexity index is 526. The number of amides is 1. The highest BCUT2D eigenvalue weighted by molar-refractivity contribution is 5.75. The van der Waals surface area contributed by atoms with Crippen LogP contribution in [0.1, 0.15) is 32.0 Å². The van der Waals surface area contributed by atoms with Crippen molar-refractivity contribution in [2.75, 3.05) is 26.8 Å². The Balaban J connectivity index is 1.60. The largest absolute Gasteiger partial charge is 0.383 e. The van der Waals surface area contributed by atoms with Crippen LogP contribution in [0.15, 0.2) is 12.4 Å². The van der Waals surface area contributed by atoms with Crippen LogP contribution in [-0.2, 0) is 22.6 Å². The van der Waals surface area contributed by atoms with E-state index in [0.29, 0.717) is 25.0 Å². The van der Waals surface area contributed by atoms with Gasteiger partial charge in [-0.3, -0.25) is 9.69 Å². The molecule has 2 fully saturated rings. The molecule has 3 rings (SSSR count). The molecule has 1 aliphatic carbocycles. The first kappa shape index (κ1) is 16.5. The van der Waals surface area contributed by atoms with Gasteiger partial charge in [0.05, 0.1) is 13.2 Å². The van der Waals surface area contributed by atoms with Crippen LogP contribution < -0.4 is 5.32 Å². The summed E-state index contributed by atoms with van der Waals surface area (Å²) in [6.07, 6.45) is 7.07. The molecule has 23 heavy (non-hydrogen) atoms. The predicted molar refractivity (Wildman–Crippen MR) is 87.8 cm³/mol. The van der Waals surface area contributed by atoms with Crippen LogP contribution >= 0.6 is 0 Å². The number of hydrogen-bond donors (Lipinski definition) is 1. The maximum Gasteiger partial charge on any atom is 0.219 e. The fourth-order valence-electron chi connectivity index (χ4n) is 3.59. The number of rotatable bonds is 8. The highest BCUT2D eigenvalue weighted by Crippen LogP contribution is 2.41. The summed E-state index contributed by atoms with van der Waals surface area (Å²) in [7, 11) is 1.72. The van der Waals surface area contributed by atoms with E-state index in [-0.39, 0.29) is 5.91 Å². The molecule has 0 radical (unpaired) electrons. The molecular formula is C17H28N4O2. The Labute approximate surface area is 138 Å². The molecule has 2 heterocycles. The van der Waals surface area contributed by atoms with Crippen molar-refractivity contribution in [1.29, 1.82) is 0 Å². The van der Waals surface area contributed by atoms with Crippen LogP contribution in [0.4, 0.5) is 0 Å². The minimum absolute atomic E-state index is 0.170. The maximum absolute atomic E-state index is 11.8. The van der Waals surface area contributed by atoms with Gasteiger partial charge in [0, 0.05) is 51.6 Å². The average molecular weight is 320 g/mol. The Morgan fingerprint density at radius 3 is 2.96 bits per heavy atom. The predicted octanol–water partition coefficient (Wildman–Crippen LogP) is 1.27. The van der Waals surface area contributed by atoms with E-state index >= 15 is 0 Å². The van der Waals surface area contributed by atoms with E-state index in [9.17, 15) is 4.79 Å². The highest BCUT2D eigenvalue weighted by atomic mass is 16.5. The fourth-order valence-corrected chi connectivity index (χ4v) is 3.59. The summed E-state index contributed by atoms with van der Waals surface area (Å²) in [6.45, 7) is 6.30. The van der Waals surface area contributed by atoms with Crippen molar-refractivity contribution in [3.63, 3.8) is 0 Å². The number of nitrogens with one attached hydrogen (secondary N) is 1. The highest BCUT2D eigenvalue weighted by Gasteiger charge is 2.42.